The second-order valence-electron chi connectivity index (χ2n) is 6.43. The fraction of sp³-hybridized carbons (Fsp3) is 0.238. The predicted octanol–water partition coefficient (Wildman–Crippen LogP) is 4.32. The summed E-state index contributed by atoms with van der Waals surface area (Å²) in [5.74, 6) is -0.187. The van der Waals surface area contributed by atoms with Crippen molar-refractivity contribution in [1.82, 2.24) is 5.32 Å². The Hall–Kier alpha value is -2.86. The van der Waals surface area contributed by atoms with Gasteiger partial charge in [-0.05, 0) is 30.5 Å². The number of hydrogen-bond donors (Lipinski definition) is 1. The summed E-state index contributed by atoms with van der Waals surface area (Å²) in [5, 5.41) is 12.8. The second kappa shape index (κ2) is 6.33. The Bertz CT molecular complexity index is 846. The molecule has 3 rings (SSSR count). The van der Waals surface area contributed by atoms with E-state index in [1.807, 2.05) is 36.4 Å². The highest BCUT2D eigenvalue weighted by molar-refractivity contribution is 6.00. The van der Waals surface area contributed by atoms with E-state index in [1.54, 1.807) is 12.1 Å². The van der Waals surface area contributed by atoms with Gasteiger partial charge < -0.3 is 5.32 Å². The molecule has 0 bridgehead atoms. The maximum absolute atomic E-state index is 12.6. The van der Waals surface area contributed by atoms with E-state index >= 15 is 0 Å². The van der Waals surface area contributed by atoms with Gasteiger partial charge in [0, 0.05) is 16.5 Å². The Morgan fingerprint density at radius 3 is 2.50 bits per heavy atom. The fourth-order valence-corrected chi connectivity index (χ4v) is 3.26. The first-order valence-corrected chi connectivity index (χ1v) is 8.18. The number of carbonyl (C=O) groups excluding carboxylic acids is 1. The summed E-state index contributed by atoms with van der Waals surface area (Å²) in [7, 11) is 0. The van der Waals surface area contributed by atoms with Crippen LogP contribution >= 0.6 is 0 Å². The van der Waals surface area contributed by atoms with Gasteiger partial charge in [0.25, 0.3) is 5.91 Å². The number of amides is 1. The summed E-state index contributed by atoms with van der Waals surface area (Å²) >= 11 is 0. The molecule has 0 spiro atoms. The number of fused-ring (bicyclic) bond motifs is 1. The number of hydrogen-bond acceptors (Lipinski definition) is 2. The molecule has 1 aliphatic carbocycles. The number of nitrogens with zero attached hydrogens (tertiary/aromatic N) is 1. The number of carbonyl (C=O) groups is 1. The molecule has 0 saturated heterocycles. The average Bonchev–Trinajstić information content (AvgIpc) is 2.62. The van der Waals surface area contributed by atoms with Crippen molar-refractivity contribution >= 4 is 11.6 Å². The van der Waals surface area contributed by atoms with Crippen LogP contribution in [-0.2, 0) is 6.42 Å². The van der Waals surface area contributed by atoms with Crippen LogP contribution in [-0.4, -0.2) is 5.91 Å². The molecule has 2 aromatic rings. The van der Waals surface area contributed by atoms with Gasteiger partial charge in [0.2, 0.25) is 0 Å². The third-order valence-corrected chi connectivity index (χ3v) is 4.89. The lowest BCUT2D eigenvalue weighted by Gasteiger charge is -2.35. The third-order valence-electron chi connectivity index (χ3n) is 4.89. The molecule has 0 fully saturated rings. The number of nitriles is 1. The SMILES string of the molecule is CC[C@]1(C)Cc2ccccc2C(NC(=O)c2ccccc2)=C1C#N. The summed E-state index contributed by atoms with van der Waals surface area (Å²) < 4.78 is 0. The zero-order valence-corrected chi connectivity index (χ0v) is 14.0. The molecule has 0 saturated carbocycles. The van der Waals surface area contributed by atoms with E-state index in [9.17, 15) is 10.1 Å². The molecule has 1 N–H and O–H groups in total. The van der Waals surface area contributed by atoms with E-state index in [0.717, 1.165) is 18.4 Å². The Morgan fingerprint density at radius 2 is 1.83 bits per heavy atom. The van der Waals surface area contributed by atoms with Crippen molar-refractivity contribution in [2.24, 2.45) is 5.41 Å². The van der Waals surface area contributed by atoms with E-state index in [0.29, 0.717) is 16.8 Å². The maximum atomic E-state index is 12.6. The van der Waals surface area contributed by atoms with Gasteiger partial charge >= 0.3 is 0 Å². The van der Waals surface area contributed by atoms with Crippen molar-refractivity contribution in [2.45, 2.75) is 26.7 Å². The number of benzene rings is 2. The van der Waals surface area contributed by atoms with Gasteiger partial charge in [-0.1, -0.05) is 56.3 Å². The summed E-state index contributed by atoms with van der Waals surface area (Å²) in [4.78, 5) is 12.6. The van der Waals surface area contributed by atoms with E-state index in [1.165, 1.54) is 5.56 Å². The predicted molar refractivity (Wildman–Crippen MR) is 95.0 cm³/mol. The monoisotopic (exact) mass is 316 g/mol. The lowest BCUT2D eigenvalue weighted by atomic mass is 9.69. The van der Waals surface area contributed by atoms with Crippen LogP contribution in [0.1, 0.15) is 41.8 Å². The molecule has 3 nitrogen and oxygen atoms in total. The summed E-state index contributed by atoms with van der Waals surface area (Å²) in [6, 6.07) is 19.4. The number of nitrogens with one attached hydrogen (secondary N) is 1. The first-order valence-electron chi connectivity index (χ1n) is 8.18. The molecule has 24 heavy (non-hydrogen) atoms. The van der Waals surface area contributed by atoms with Gasteiger partial charge in [-0.15, -0.1) is 0 Å². The maximum Gasteiger partial charge on any atom is 0.255 e. The Kier molecular flexibility index (Phi) is 4.22. The first kappa shape index (κ1) is 16.0. The molecule has 120 valence electrons. The Balaban J connectivity index is 2.10. The molecule has 0 aliphatic heterocycles. The van der Waals surface area contributed by atoms with Crippen LogP contribution in [0.5, 0.6) is 0 Å². The van der Waals surface area contributed by atoms with Crippen LogP contribution in [0.2, 0.25) is 0 Å². The standard InChI is InChI=1S/C21H20N2O/c1-3-21(2)13-16-11-7-8-12-17(16)19(18(21)14-22)23-20(24)15-9-5-4-6-10-15/h4-12H,3,13H2,1-2H3,(H,23,24)/t21-/m1/s1. The van der Waals surface area contributed by atoms with Gasteiger partial charge in [-0.3, -0.25) is 4.79 Å². The van der Waals surface area contributed by atoms with Crippen LogP contribution in [0.25, 0.3) is 5.70 Å². The quantitative estimate of drug-likeness (QED) is 0.916. The second-order valence-corrected chi connectivity index (χ2v) is 6.43. The lowest BCUT2D eigenvalue weighted by molar-refractivity contribution is 0.0973. The average molecular weight is 316 g/mol. The molecule has 3 heteroatoms. The summed E-state index contributed by atoms with van der Waals surface area (Å²) in [6.07, 6.45) is 1.65. The highest BCUT2D eigenvalue weighted by Crippen LogP contribution is 2.43. The van der Waals surface area contributed by atoms with Crippen molar-refractivity contribution in [2.75, 3.05) is 0 Å². The Labute approximate surface area is 142 Å². The smallest absolute Gasteiger partial charge is 0.255 e. The molecule has 1 atom stereocenters. The van der Waals surface area contributed by atoms with Crippen molar-refractivity contribution in [3.63, 3.8) is 0 Å². The minimum absolute atomic E-state index is 0.187. The van der Waals surface area contributed by atoms with Crippen LogP contribution in [0.4, 0.5) is 0 Å². The highest BCUT2D eigenvalue weighted by Gasteiger charge is 2.36. The first-order chi connectivity index (χ1) is 11.6. The van der Waals surface area contributed by atoms with Gasteiger partial charge in [0.15, 0.2) is 0 Å². The largest absolute Gasteiger partial charge is 0.321 e. The molecule has 2 aromatic carbocycles. The Morgan fingerprint density at radius 1 is 1.17 bits per heavy atom. The lowest BCUT2D eigenvalue weighted by Crippen LogP contribution is -2.33. The topological polar surface area (TPSA) is 52.9 Å². The van der Waals surface area contributed by atoms with Crippen molar-refractivity contribution in [1.29, 1.82) is 5.26 Å². The van der Waals surface area contributed by atoms with E-state index < -0.39 is 0 Å². The third kappa shape index (κ3) is 2.72. The van der Waals surface area contributed by atoms with E-state index in [-0.39, 0.29) is 11.3 Å². The molecule has 0 aromatic heterocycles. The molecule has 0 unspecified atom stereocenters. The summed E-state index contributed by atoms with van der Waals surface area (Å²) in [5.41, 5.74) is 3.75. The van der Waals surface area contributed by atoms with Crippen LogP contribution < -0.4 is 5.32 Å². The normalized spacial score (nSPS) is 19.4. The van der Waals surface area contributed by atoms with Gasteiger partial charge in [-0.25, -0.2) is 0 Å². The van der Waals surface area contributed by atoms with Crippen LogP contribution in [0.3, 0.4) is 0 Å². The zero-order valence-electron chi connectivity index (χ0n) is 14.0. The highest BCUT2D eigenvalue weighted by atomic mass is 16.1. The van der Waals surface area contributed by atoms with Crippen molar-refractivity contribution in [3.8, 4) is 6.07 Å². The molecule has 0 radical (unpaired) electrons. The number of rotatable bonds is 3. The minimum atomic E-state index is -0.262. The summed E-state index contributed by atoms with van der Waals surface area (Å²) in [6.45, 7) is 4.18. The molecule has 1 amide bonds. The minimum Gasteiger partial charge on any atom is -0.321 e. The zero-order chi connectivity index (χ0) is 17.2. The number of allylic oxidation sites excluding steroid dienone is 1. The fourth-order valence-electron chi connectivity index (χ4n) is 3.26. The van der Waals surface area contributed by atoms with Crippen molar-refractivity contribution < 1.29 is 4.79 Å². The van der Waals surface area contributed by atoms with Gasteiger partial charge in [0.05, 0.1) is 17.3 Å². The van der Waals surface area contributed by atoms with Crippen molar-refractivity contribution in [3.05, 3.63) is 76.9 Å². The van der Waals surface area contributed by atoms with Crippen LogP contribution in [0, 0.1) is 16.7 Å². The van der Waals surface area contributed by atoms with Crippen LogP contribution in [0.15, 0.2) is 60.2 Å². The molecule has 0 heterocycles. The van der Waals surface area contributed by atoms with E-state index in [4.69, 9.17) is 0 Å². The molecular weight excluding hydrogens is 296 g/mol. The molecule has 1 aliphatic rings. The van der Waals surface area contributed by atoms with E-state index in [2.05, 4.69) is 31.3 Å². The van der Waals surface area contributed by atoms with Gasteiger partial charge in [0.1, 0.15) is 0 Å². The van der Waals surface area contributed by atoms with Gasteiger partial charge in [-0.2, -0.15) is 5.26 Å². The molecular formula is C21H20N2O.